The molecular formula is C29H35F5. The summed E-state index contributed by atoms with van der Waals surface area (Å²) in [6.07, 6.45) is 9.17. The Morgan fingerprint density at radius 1 is 0.794 bits per heavy atom. The van der Waals surface area contributed by atoms with E-state index in [-0.39, 0.29) is 11.1 Å². The molecule has 2 aromatic carbocycles. The molecule has 0 bridgehead atoms. The van der Waals surface area contributed by atoms with Gasteiger partial charge in [0, 0.05) is 5.56 Å². The Morgan fingerprint density at radius 2 is 1.56 bits per heavy atom. The molecule has 0 nitrogen and oxygen atoms in total. The molecule has 2 aliphatic carbocycles. The lowest BCUT2D eigenvalue weighted by Crippen LogP contribution is -2.30. The Bertz CT molecular complexity index is 963. The van der Waals surface area contributed by atoms with Gasteiger partial charge >= 0.3 is 6.18 Å². The molecule has 0 amide bonds. The van der Waals surface area contributed by atoms with Gasteiger partial charge in [0.15, 0.2) is 0 Å². The van der Waals surface area contributed by atoms with Crippen LogP contribution >= 0.6 is 0 Å². The highest BCUT2D eigenvalue weighted by atomic mass is 19.4. The van der Waals surface area contributed by atoms with E-state index >= 15 is 0 Å². The first kappa shape index (κ1) is 25.2. The van der Waals surface area contributed by atoms with Crippen LogP contribution in [-0.2, 0) is 6.18 Å². The molecule has 2 aliphatic rings. The first-order valence-electron chi connectivity index (χ1n) is 12.9. The van der Waals surface area contributed by atoms with E-state index in [1.807, 2.05) is 6.07 Å². The summed E-state index contributed by atoms with van der Waals surface area (Å²) in [6, 6.07) is 7.56. The standard InChI is InChI=1S/C29H35F5/c1-2-3-4-5-6-19-7-8-21-16-22(10-9-20(21)15-19)23-11-13-25(27(30)17-23)24-12-14-26(28(31)18-24)29(32,33)34/h11-14,17-22H,2-10,15-16H2,1H3/t19?,20-,21-,22-/m1/s1. The first-order chi connectivity index (χ1) is 16.3. The van der Waals surface area contributed by atoms with Crippen molar-refractivity contribution < 1.29 is 22.0 Å². The van der Waals surface area contributed by atoms with Crippen molar-refractivity contribution >= 4 is 0 Å². The molecule has 0 aromatic heterocycles. The van der Waals surface area contributed by atoms with Crippen LogP contribution in [0.2, 0.25) is 0 Å². The molecule has 0 N–H and O–H groups in total. The summed E-state index contributed by atoms with van der Waals surface area (Å²) in [4.78, 5) is 0. The molecule has 2 saturated carbocycles. The summed E-state index contributed by atoms with van der Waals surface area (Å²) in [5.74, 6) is 0.797. The van der Waals surface area contributed by atoms with Gasteiger partial charge in [-0.3, -0.25) is 0 Å². The van der Waals surface area contributed by atoms with Crippen LogP contribution < -0.4 is 0 Å². The van der Waals surface area contributed by atoms with E-state index in [4.69, 9.17) is 0 Å². The zero-order valence-electron chi connectivity index (χ0n) is 19.9. The summed E-state index contributed by atoms with van der Waals surface area (Å²) in [5, 5.41) is 0. The average Bonchev–Trinajstić information content (AvgIpc) is 2.80. The molecule has 2 aromatic rings. The molecular weight excluding hydrogens is 443 g/mol. The van der Waals surface area contributed by atoms with E-state index in [9.17, 15) is 22.0 Å². The van der Waals surface area contributed by atoms with Gasteiger partial charge in [0.1, 0.15) is 11.6 Å². The van der Waals surface area contributed by atoms with Crippen molar-refractivity contribution in [3.63, 3.8) is 0 Å². The van der Waals surface area contributed by atoms with Gasteiger partial charge in [0.05, 0.1) is 5.56 Å². The predicted molar refractivity (Wildman–Crippen MR) is 126 cm³/mol. The minimum absolute atomic E-state index is 0.121. The summed E-state index contributed by atoms with van der Waals surface area (Å²) >= 11 is 0. The second-order valence-electron chi connectivity index (χ2n) is 10.5. The molecule has 34 heavy (non-hydrogen) atoms. The van der Waals surface area contributed by atoms with Gasteiger partial charge in [-0.15, -0.1) is 0 Å². The SMILES string of the molecule is CCCCCCC1CC[C@@H]2C[C@H](c3ccc(-c4ccc(C(F)(F)F)c(F)c4)c(F)c3)CC[C@@H]2C1. The third kappa shape index (κ3) is 5.83. The van der Waals surface area contributed by atoms with Crippen molar-refractivity contribution in [2.24, 2.45) is 17.8 Å². The smallest absolute Gasteiger partial charge is 0.206 e. The van der Waals surface area contributed by atoms with Crippen molar-refractivity contribution in [1.82, 2.24) is 0 Å². The van der Waals surface area contributed by atoms with E-state index in [2.05, 4.69) is 6.92 Å². The molecule has 1 unspecified atom stereocenters. The molecule has 0 heterocycles. The molecule has 4 atom stereocenters. The molecule has 0 aliphatic heterocycles. The highest BCUT2D eigenvalue weighted by Gasteiger charge is 2.36. The van der Waals surface area contributed by atoms with Crippen LogP contribution in [0.3, 0.4) is 0 Å². The van der Waals surface area contributed by atoms with Gasteiger partial charge in [-0.25, -0.2) is 8.78 Å². The van der Waals surface area contributed by atoms with Crippen LogP contribution in [0.15, 0.2) is 36.4 Å². The van der Waals surface area contributed by atoms with Gasteiger partial charge in [-0.05, 0) is 85.1 Å². The number of rotatable bonds is 7. The van der Waals surface area contributed by atoms with E-state index in [1.54, 1.807) is 6.07 Å². The van der Waals surface area contributed by atoms with Crippen LogP contribution in [0.25, 0.3) is 11.1 Å². The van der Waals surface area contributed by atoms with Crippen LogP contribution in [-0.4, -0.2) is 0 Å². The first-order valence-corrected chi connectivity index (χ1v) is 12.9. The normalized spacial score (nSPS) is 25.2. The van der Waals surface area contributed by atoms with Crippen molar-refractivity contribution in [2.75, 3.05) is 0 Å². The van der Waals surface area contributed by atoms with Gasteiger partial charge in [0.2, 0.25) is 0 Å². The number of benzene rings is 2. The zero-order chi connectivity index (χ0) is 24.3. The summed E-state index contributed by atoms with van der Waals surface area (Å²) in [6.45, 7) is 2.25. The lowest BCUT2D eigenvalue weighted by molar-refractivity contribution is -0.139. The molecule has 0 saturated heterocycles. The quantitative estimate of drug-likeness (QED) is 0.274. The van der Waals surface area contributed by atoms with Crippen LogP contribution in [0.1, 0.15) is 94.6 Å². The second kappa shape index (κ2) is 10.8. The van der Waals surface area contributed by atoms with Crippen LogP contribution in [0, 0.1) is 29.4 Å². The lowest BCUT2D eigenvalue weighted by Gasteiger charge is -2.42. The predicted octanol–water partition coefficient (Wildman–Crippen LogP) is 9.92. The number of hydrogen-bond acceptors (Lipinski definition) is 0. The van der Waals surface area contributed by atoms with Crippen molar-refractivity contribution in [2.45, 2.75) is 89.6 Å². The topological polar surface area (TPSA) is 0 Å². The number of fused-ring (bicyclic) bond motifs is 1. The Kier molecular flexibility index (Phi) is 7.99. The maximum absolute atomic E-state index is 15.0. The van der Waals surface area contributed by atoms with E-state index in [1.165, 1.54) is 63.9 Å². The van der Waals surface area contributed by atoms with E-state index < -0.39 is 23.4 Å². The van der Waals surface area contributed by atoms with Gasteiger partial charge in [-0.2, -0.15) is 13.2 Å². The van der Waals surface area contributed by atoms with Crippen LogP contribution in [0.4, 0.5) is 22.0 Å². The van der Waals surface area contributed by atoms with Gasteiger partial charge in [0.25, 0.3) is 0 Å². The van der Waals surface area contributed by atoms with Crippen molar-refractivity contribution in [3.05, 3.63) is 59.2 Å². The van der Waals surface area contributed by atoms with E-state index in [0.29, 0.717) is 17.9 Å². The summed E-state index contributed by atoms with van der Waals surface area (Å²) < 4.78 is 67.4. The Morgan fingerprint density at radius 3 is 2.26 bits per heavy atom. The number of alkyl halides is 3. The third-order valence-corrected chi connectivity index (χ3v) is 8.24. The average molecular weight is 479 g/mol. The highest BCUT2D eigenvalue weighted by molar-refractivity contribution is 5.65. The highest BCUT2D eigenvalue weighted by Crippen LogP contribution is 2.48. The van der Waals surface area contributed by atoms with Gasteiger partial charge < -0.3 is 0 Å². The second-order valence-corrected chi connectivity index (χ2v) is 10.5. The largest absolute Gasteiger partial charge is 0.419 e. The molecule has 0 spiro atoms. The Balaban J connectivity index is 1.39. The maximum Gasteiger partial charge on any atom is 0.419 e. The van der Waals surface area contributed by atoms with Gasteiger partial charge in [-0.1, -0.05) is 63.6 Å². The molecule has 0 radical (unpaired) electrons. The van der Waals surface area contributed by atoms with Crippen molar-refractivity contribution in [3.8, 4) is 11.1 Å². The lowest BCUT2D eigenvalue weighted by atomic mass is 9.63. The fourth-order valence-electron chi connectivity index (χ4n) is 6.34. The monoisotopic (exact) mass is 478 g/mol. The minimum Gasteiger partial charge on any atom is -0.206 e. The zero-order valence-corrected chi connectivity index (χ0v) is 19.9. The fraction of sp³-hybridized carbons (Fsp3) is 0.586. The summed E-state index contributed by atoms with van der Waals surface area (Å²) in [7, 11) is 0. The number of unbranched alkanes of at least 4 members (excludes halogenated alkanes) is 3. The number of hydrogen-bond donors (Lipinski definition) is 0. The van der Waals surface area contributed by atoms with E-state index in [0.717, 1.165) is 42.4 Å². The maximum atomic E-state index is 15.0. The third-order valence-electron chi connectivity index (χ3n) is 8.24. The Hall–Kier alpha value is -1.91. The summed E-state index contributed by atoms with van der Waals surface area (Å²) in [5.41, 5.74) is -0.126. The number of halogens is 5. The fourth-order valence-corrected chi connectivity index (χ4v) is 6.34. The molecule has 4 rings (SSSR count). The molecule has 2 fully saturated rings. The molecule has 186 valence electrons. The van der Waals surface area contributed by atoms with Crippen molar-refractivity contribution in [1.29, 1.82) is 0 Å². The minimum atomic E-state index is -4.77. The molecule has 5 heteroatoms. The van der Waals surface area contributed by atoms with Crippen LogP contribution in [0.5, 0.6) is 0 Å². The Labute approximate surface area is 200 Å².